The first-order valence-electron chi connectivity index (χ1n) is 5.57. The molecular formula is C10H18N4O3S. The Morgan fingerprint density at radius 2 is 2.33 bits per heavy atom. The fourth-order valence-corrected chi connectivity index (χ4v) is 2.25. The first-order valence-corrected chi connectivity index (χ1v) is 6.56. The van der Waals surface area contributed by atoms with Crippen LogP contribution in [0.15, 0.2) is 9.95 Å². The highest BCUT2D eigenvalue weighted by atomic mass is 32.2. The number of aromatic nitrogens is 3. The molecule has 0 radical (unpaired) electrons. The van der Waals surface area contributed by atoms with Gasteiger partial charge in [-0.15, -0.1) is 5.10 Å². The van der Waals surface area contributed by atoms with E-state index in [0.717, 1.165) is 6.42 Å². The standard InChI is InChI=1S/C10H18N4O3S/c1-10(11-2,7(15)16)5-4-6-18-9-13-12-8(17)14(9)3/h11H,4-6H2,1-3H3,(H,12,17)(H,15,16). The van der Waals surface area contributed by atoms with Crippen molar-refractivity contribution < 1.29 is 9.90 Å². The molecule has 0 amide bonds. The van der Waals surface area contributed by atoms with Gasteiger partial charge in [0, 0.05) is 12.8 Å². The summed E-state index contributed by atoms with van der Waals surface area (Å²) in [6.45, 7) is 1.66. The predicted molar refractivity (Wildman–Crippen MR) is 68.9 cm³/mol. The smallest absolute Gasteiger partial charge is 0.343 e. The molecule has 0 bridgehead atoms. The lowest BCUT2D eigenvalue weighted by Gasteiger charge is -2.23. The lowest BCUT2D eigenvalue weighted by atomic mass is 9.97. The molecule has 1 rings (SSSR count). The quantitative estimate of drug-likeness (QED) is 0.479. The minimum Gasteiger partial charge on any atom is -0.480 e. The number of hydrogen-bond acceptors (Lipinski definition) is 5. The van der Waals surface area contributed by atoms with Crippen molar-refractivity contribution in [2.45, 2.75) is 30.5 Å². The van der Waals surface area contributed by atoms with E-state index in [1.807, 2.05) is 0 Å². The molecule has 102 valence electrons. The van der Waals surface area contributed by atoms with Gasteiger partial charge in [0.1, 0.15) is 5.54 Å². The van der Waals surface area contributed by atoms with Gasteiger partial charge in [-0.05, 0) is 26.8 Å². The summed E-state index contributed by atoms with van der Waals surface area (Å²) < 4.78 is 1.43. The third kappa shape index (κ3) is 3.36. The SMILES string of the molecule is CNC(C)(CCCSc1n[nH]c(=O)n1C)C(=O)O. The Morgan fingerprint density at radius 3 is 2.78 bits per heavy atom. The number of thioether (sulfide) groups is 1. The lowest BCUT2D eigenvalue weighted by Crippen LogP contribution is -2.47. The Hall–Kier alpha value is -1.28. The van der Waals surface area contributed by atoms with E-state index in [0.29, 0.717) is 17.3 Å². The normalized spacial score (nSPS) is 14.4. The average molecular weight is 274 g/mol. The third-order valence-corrected chi connectivity index (χ3v) is 4.03. The maximum Gasteiger partial charge on any atom is 0.343 e. The Labute approximate surface area is 109 Å². The molecule has 7 nitrogen and oxygen atoms in total. The molecule has 0 aliphatic heterocycles. The maximum absolute atomic E-state index is 11.1. The summed E-state index contributed by atoms with van der Waals surface area (Å²) in [4.78, 5) is 22.2. The van der Waals surface area contributed by atoms with Crippen LogP contribution in [0.3, 0.4) is 0 Å². The second-order valence-corrected chi connectivity index (χ2v) is 5.27. The number of carboxylic acids is 1. The van der Waals surface area contributed by atoms with E-state index in [1.165, 1.54) is 16.3 Å². The molecule has 0 spiro atoms. The van der Waals surface area contributed by atoms with E-state index in [2.05, 4.69) is 15.5 Å². The van der Waals surface area contributed by atoms with Gasteiger partial charge in [-0.25, -0.2) is 9.89 Å². The molecule has 1 unspecified atom stereocenters. The van der Waals surface area contributed by atoms with Crippen LogP contribution in [0.2, 0.25) is 0 Å². The summed E-state index contributed by atoms with van der Waals surface area (Å²) in [6.07, 6.45) is 1.24. The number of hydrogen-bond donors (Lipinski definition) is 3. The molecule has 0 saturated carbocycles. The van der Waals surface area contributed by atoms with Gasteiger partial charge in [-0.2, -0.15) is 0 Å². The summed E-state index contributed by atoms with van der Waals surface area (Å²) >= 11 is 1.43. The Bertz CT molecular complexity index is 470. The lowest BCUT2D eigenvalue weighted by molar-refractivity contribution is -0.144. The van der Waals surface area contributed by atoms with Gasteiger partial charge in [0.25, 0.3) is 0 Å². The van der Waals surface area contributed by atoms with Crippen LogP contribution in [0.1, 0.15) is 19.8 Å². The summed E-state index contributed by atoms with van der Waals surface area (Å²) in [5.74, 6) is -0.148. The van der Waals surface area contributed by atoms with E-state index < -0.39 is 11.5 Å². The van der Waals surface area contributed by atoms with Crippen molar-refractivity contribution in [3.05, 3.63) is 10.5 Å². The Balaban J connectivity index is 2.41. The van der Waals surface area contributed by atoms with Crippen LogP contribution < -0.4 is 11.0 Å². The molecule has 0 saturated heterocycles. The van der Waals surface area contributed by atoms with Gasteiger partial charge in [0.15, 0.2) is 5.16 Å². The topological polar surface area (TPSA) is 100 Å². The van der Waals surface area contributed by atoms with Crippen LogP contribution in [0.5, 0.6) is 0 Å². The van der Waals surface area contributed by atoms with Crippen LogP contribution >= 0.6 is 11.8 Å². The minimum absolute atomic E-state index is 0.247. The van der Waals surface area contributed by atoms with Gasteiger partial charge in [0.2, 0.25) is 0 Å². The second kappa shape index (κ2) is 6.05. The molecule has 1 aromatic rings. The van der Waals surface area contributed by atoms with Crippen molar-refractivity contribution in [3.8, 4) is 0 Å². The number of nitrogens with zero attached hydrogens (tertiary/aromatic N) is 2. The van der Waals surface area contributed by atoms with Crippen LogP contribution in [-0.4, -0.2) is 44.2 Å². The maximum atomic E-state index is 11.1. The first-order chi connectivity index (χ1) is 8.40. The molecule has 1 aromatic heterocycles. The van der Waals surface area contributed by atoms with Gasteiger partial charge in [-0.1, -0.05) is 11.8 Å². The van der Waals surface area contributed by atoms with E-state index in [4.69, 9.17) is 5.11 Å². The zero-order valence-electron chi connectivity index (χ0n) is 10.7. The van der Waals surface area contributed by atoms with Gasteiger partial charge < -0.3 is 10.4 Å². The summed E-state index contributed by atoms with van der Waals surface area (Å²) in [5, 5.41) is 18.7. The summed E-state index contributed by atoms with van der Waals surface area (Å²) in [7, 11) is 3.28. The predicted octanol–water partition coefficient (Wildman–Crippen LogP) is 0.0434. The molecule has 18 heavy (non-hydrogen) atoms. The molecule has 0 aliphatic rings. The minimum atomic E-state index is -0.905. The molecule has 0 aromatic carbocycles. The average Bonchev–Trinajstić information content (AvgIpc) is 2.65. The number of nitrogens with one attached hydrogen (secondary N) is 2. The van der Waals surface area contributed by atoms with Crippen molar-refractivity contribution in [2.75, 3.05) is 12.8 Å². The molecule has 0 aliphatic carbocycles. The number of carboxylic acid groups (broad SMARTS) is 1. The fourth-order valence-electron chi connectivity index (χ4n) is 1.39. The van der Waals surface area contributed by atoms with Gasteiger partial charge in [-0.3, -0.25) is 9.36 Å². The van der Waals surface area contributed by atoms with Crippen LogP contribution in [0.25, 0.3) is 0 Å². The van der Waals surface area contributed by atoms with Gasteiger partial charge >= 0.3 is 11.7 Å². The van der Waals surface area contributed by atoms with E-state index in [1.54, 1.807) is 21.0 Å². The first kappa shape index (κ1) is 14.8. The monoisotopic (exact) mass is 274 g/mol. The van der Waals surface area contributed by atoms with Crippen LogP contribution in [0.4, 0.5) is 0 Å². The summed E-state index contributed by atoms with van der Waals surface area (Å²) in [5.41, 5.74) is -1.15. The number of aliphatic carboxylic acids is 1. The summed E-state index contributed by atoms with van der Waals surface area (Å²) in [6, 6.07) is 0. The van der Waals surface area contributed by atoms with E-state index >= 15 is 0 Å². The molecule has 8 heteroatoms. The highest BCUT2D eigenvalue weighted by molar-refractivity contribution is 7.99. The second-order valence-electron chi connectivity index (χ2n) is 4.21. The van der Waals surface area contributed by atoms with Crippen molar-refractivity contribution in [3.63, 3.8) is 0 Å². The largest absolute Gasteiger partial charge is 0.480 e. The Kier molecular flexibility index (Phi) is 4.97. The number of rotatable bonds is 7. The molecule has 1 heterocycles. The Morgan fingerprint density at radius 1 is 1.67 bits per heavy atom. The number of aromatic amines is 1. The molecule has 3 N–H and O–H groups in total. The highest BCUT2D eigenvalue weighted by Crippen LogP contribution is 2.18. The molecule has 0 fully saturated rings. The number of carbonyl (C=O) groups is 1. The van der Waals surface area contributed by atoms with Crippen molar-refractivity contribution in [1.29, 1.82) is 0 Å². The van der Waals surface area contributed by atoms with Gasteiger partial charge in [0.05, 0.1) is 0 Å². The number of H-pyrrole nitrogens is 1. The molecule has 1 atom stereocenters. The molecular weight excluding hydrogens is 256 g/mol. The van der Waals surface area contributed by atoms with E-state index in [9.17, 15) is 9.59 Å². The van der Waals surface area contributed by atoms with Crippen molar-refractivity contribution in [2.24, 2.45) is 7.05 Å². The van der Waals surface area contributed by atoms with Crippen molar-refractivity contribution >= 4 is 17.7 Å². The number of likely N-dealkylation sites (N-methyl/N-ethyl adjacent to an activating group) is 1. The zero-order valence-corrected chi connectivity index (χ0v) is 11.5. The van der Waals surface area contributed by atoms with Crippen molar-refractivity contribution in [1.82, 2.24) is 20.1 Å². The van der Waals surface area contributed by atoms with Crippen LogP contribution in [0, 0.1) is 0 Å². The third-order valence-electron chi connectivity index (χ3n) is 2.91. The van der Waals surface area contributed by atoms with Crippen LogP contribution in [-0.2, 0) is 11.8 Å². The zero-order chi connectivity index (χ0) is 13.8. The highest BCUT2D eigenvalue weighted by Gasteiger charge is 2.30. The van der Waals surface area contributed by atoms with E-state index in [-0.39, 0.29) is 5.69 Å². The fraction of sp³-hybridized carbons (Fsp3) is 0.700.